The van der Waals surface area contributed by atoms with Crippen LogP contribution >= 0.6 is 12.4 Å². The molecule has 2 heterocycles. The Balaban J connectivity index is 0.00000161. The second-order valence-corrected chi connectivity index (χ2v) is 4.81. The number of halogens is 1. The van der Waals surface area contributed by atoms with Crippen molar-refractivity contribution in [2.45, 2.75) is 20.3 Å². The largest absolute Gasteiger partial charge is 0.493 e. The van der Waals surface area contributed by atoms with E-state index in [4.69, 9.17) is 4.74 Å². The molecule has 0 spiro atoms. The van der Waals surface area contributed by atoms with E-state index in [1.807, 2.05) is 24.3 Å². The lowest BCUT2D eigenvalue weighted by atomic mass is 10.1. The molecule has 0 aliphatic rings. The minimum absolute atomic E-state index is 0. The Labute approximate surface area is 130 Å². The SMILES string of the molecule is CCCOc1cc(C)ccc1-c1nc2ncccc2[nH]1.Cl. The van der Waals surface area contributed by atoms with Crippen LogP contribution < -0.4 is 4.74 Å². The summed E-state index contributed by atoms with van der Waals surface area (Å²) in [7, 11) is 0. The topological polar surface area (TPSA) is 50.8 Å². The molecule has 3 rings (SSSR count). The minimum atomic E-state index is 0. The van der Waals surface area contributed by atoms with Crippen LogP contribution in [-0.2, 0) is 0 Å². The van der Waals surface area contributed by atoms with E-state index in [0.717, 1.165) is 34.7 Å². The normalized spacial score (nSPS) is 10.4. The molecule has 0 saturated carbocycles. The van der Waals surface area contributed by atoms with Crippen LogP contribution in [0.2, 0.25) is 0 Å². The van der Waals surface area contributed by atoms with E-state index in [2.05, 4.69) is 34.9 Å². The van der Waals surface area contributed by atoms with Crippen molar-refractivity contribution in [3.05, 3.63) is 42.1 Å². The van der Waals surface area contributed by atoms with Crippen molar-refractivity contribution in [1.29, 1.82) is 0 Å². The summed E-state index contributed by atoms with van der Waals surface area (Å²) in [5.41, 5.74) is 3.81. The number of nitrogens with one attached hydrogen (secondary N) is 1. The fourth-order valence-electron chi connectivity index (χ4n) is 2.13. The zero-order valence-electron chi connectivity index (χ0n) is 12.1. The van der Waals surface area contributed by atoms with Gasteiger partial charge in [-0.2, -0.15) is 0 Å². The molecule has 0 bridgehead atoms. The quantitative estimate of drug-likeness (QED) is 0.788. The zero-order valence-corrected chi connectivity index (χ0v) is 12.9. The van der Waals surface area contributed by atoms with E-state index in [0.29, 0.717) is 6.61 Å². The van der Waals surface area contributed by atoms with Gasteiger partial charge in [-0.05, 0) is 43.2 Å². The lowest BCUT2D eigenvalue weighted by Gasteiger charge is -2.10. The van der Waals surface area contributed by atoms with Crippen LogP contribution in [0.1, 0.15) is 18.9 Å². The highest BCUT2D eigenvalue weighted by Crippen LogP contribution is 2.30. The Hall–Kier alpha value is -2.07. The number of rotatable bonds is 4. The van der Waals surface area contributed by atoms with Crippen LogP contribution in [0.5, 0.6) is 5.75 Å². The van der Waals surface area contributed by atoms with Gasteiger partial charge in [-0.3, -0.25) is 0 Å². The average molecular weight is 304 g/mol. The number of fused-ring (bicyclic) bond motifs is 1. The number of nitrogens with zero attached hydrogens (tertiary/aromatic N) is 2. The summed E-state index contributed by atoms with van der Waals surface area (Å²) in [5.74, 6) is 1.66. The van der Waals surface area contributed by atoms with E-state index in [9.17, 15) is 0 Å². The summed E-state index contributed by atoms with van der Waals surface area (Å²) in [6.45, 7) is 4.86. The standard InChI is InChI=1S/C16H17N3O.ClH/c1-3-9-20-14-10-11(2)6-7-12(14)15-18-13-5-4-8-17-16(13)19-15;/h4-8,10H,3,9H2,1-2H3,(H,17,18,19);1H. The number of aromatic nitrogens is 3. The molecular formula is C16H18ClN3O. The summed E-state index contributed by atoms with van der Waals surface area (Å²) >= 11 is 0. The number of hydrogen-bond donors (Lipinski definition) is 1. The van der Waals surface area contributed by atoms with Crippen LogP contribution in [0.25, 0.3) is 22.6 Å². The highest BCUT2D eigenvalue weighted by atomic mass is 35.5. The number of H-pyrrole nitrogens is 1. The highest BCUT2D eigenvalue weighted by Gasteiger charge is 2.11. The zero-order chi connectivity index (χ0) is 13.9. The van der Waals surface area contributed by atoms with Crippen LogP contribution in [0, 0.1) is 6.92 Å². The number of aromatic amines is 1. The first kappa shape index (κ1) is 15.3. The lowest BCUT2D eigenvalue weighted by molar-refractivity contribution is 0.318. The van der Waals surface area contributed by atoms with Gasteiger partial charge < -0.3 is 9.72 Å². The fraction of sp³-hybridized carbons (Fsp3) is 0.250. The van der Waals surface area contributed by atoms with Gasteiger partial charge in [0.1, 0.15) is 11.6 Å². The van der Waals surface area contributed by atoms with Crippen LogP contribution in [0.3, 0.4) is 0 Å². The average Bonchev–Trinajstić information content (AvgIpc) is 2.88. The third-order valence-corrected chi connectivity index (χ3v) is 3.11. The van der Waals surface area contributed by atoms with Gasteiger partial charge in [-0.1, -0.05) is 13.0 Å². The molecule has 0 fully saturated rings. The Morgan fingerprint density at radius 1 is 1.24 bits per heavy atom. The van der Waals surface area contributed by atoms with Gasteiger partial charge in [0.2, 0.25) is 0 Å². The van der Waals surface area contributed by atoms with Crippen LogP contribution in [0.4, 0.5) is 0 Å². The van der Waals surface area contributed by atoms with Crippen molar-refractivity contribution in [2.24, 2.45) is 0 Å². The van der Waals surface area contributed by atoms with Crippen molar-refractivity contribution in [3.8, 4) is 17.1 Å². The van der Waals surface area contributed by atoms with Crippen molar-refractivity contribution in [2.75, 3.05) is 6.61 Å². The number of aryl methyl sites for hydroxylation is 1. The molecule has 5 heteroatoms. The third-order valence-electron chi connectivity index (χ3n) is 3.11. The Bertz CT molecular complexity index is 706. The van der Waals surface area contributed by atoms with Crippen LogP contribution in [0.15, 0.2) is 36.5 Å². The molecule has 0 amide bonds. The fourth-order valence-corrected chi connectivity index (χ4v) is 2.13. The van der Waals surface area contributed by atoms with Crippen LogP contribution in [-0.4, -0.2) is 21.6 Å². The summed E-state index contributed by atoms with van der Waals surface area (Å²) < 4.78 is 5.84. The van der Waals surface area contributed by atoms with Gasteiger partial charge >= 0.3 is 0 Å². The molecule has 4 nitrogen and oxygen atoms in total. The van der Waals surface area contributed by atoms with Crippen molar-refractivity contribution in [1.82, 2.24) is 15.0 Å². The molecule has 3 aromatic rings. The summed E-state index contributed by atoms with van der Waals surface area (Å²) in [6, 6.07) is 10.0. The van der Waals surface area contributed by atoms with E-state index < -0.39 is 0 Å². The highest BCUT2D eigenvalue weighted by molar-refractivity contribution is 5.85. The summed E-state index contributed by atoms with van der Waals surface area (Å²) in [4.78, 5) is 12.1. The molecule has 0 aliphatic carbocycles. The van der Waals surface area contributed by atoms with Crippen molar-refractivity contribution in [3.63, 3.8) is 0 Å². The minimum Gasteiger partial charge on any atom is -0.493 e. The number of ether oxygens (including phenoxy) is 1. The van der Waals surface area contributed by atoms with Gasteiger partial charge in [0.25, 0.3) is 0 Å². The van der Waals surface area contributed by atoms with Gasteiger partial charge in [0, 0.05) is 6.20 Å². The molecule has 21 heavy (non-hydrogen) atoms. The van der Waals surface area contributed by atoms with E-state index in [1.165, 1.54) is 5.56 Å². The van der Waals surface area contributed by atoms with Crippen molar-refractivity contribution < 1.29 is 4.74 Å². The predicted molar refractivity (Wildman–Crippen MR) is 87.1 cm³/mol. The summed E-state index contributed by atoms with van der Waals surface area (Å²) in [6.07, 6.45) is 2.73. The Morgan fingerprint density at radius 2 is 2.10 bits per heavy atom. The molecule has 0 radical (unpaired) electrons. The maximum Gasteiger partial charge on any atom is 0.178 e. The number of pyridine rings is 1. The second kappa shape index (κ2) is 6.59. The predicted octanol–water partition coefficient (Wildman–Crippen LogP) is 4.14. The molecule has 0 saturated heterocycles. The first-order valence-corrected chi connectivity index (χ1v) is 6.82. The summed E-state index contributed by atoms with van der Waals surface area (Å²) in [5, 5.41) is 0. The third kappa shape index (κ3) is 3.16. The van der Waals surface area contributed by atoms with E-state index in [-0.39, 0.29) is 12.4 Å². The van der Waals surface area contributed by atoms with Gasteiger partial charge in [-0.25, -0.2) is 9.97 Å². The monoisotopic (exact) mass is 303 g/mol. The molecule has 1 N–H and O–H groups in total. The molecule has 1 aromatic carbocycles. The molecule has 0 atom stereocenters. The lowest BCUT2D eigenvalue weighted by Crippen LogP contribution is -1.98. The number of benzene rings is 1. The maximum absolute atomic E-state index is 5.84. The molecule has 0 unspecified atom stereocenters. The molecular weight excluding hydrogens is 286 g/mol. The molecule has 0 aliphatic heterocycles. The van der Waals surface area contributed by atoms with Gasteiger partial charge in [0.05, 0.1) is 17.7 Å². The molecule has 2 aromatic heterocycles. The smallest absolute Gasteiger partial charge is 0.178 e. The van der Waals surface area contributed by atoms with Crippen molar-refractivity contribution >= 4 is 23.6 Å². The molecule has 110 valence electrons. The Morgan fingerprint density at radius 3 is 2.86 bits per heavy atom. The number of imidazole rings is 1. The van der Waals surface area contributed by atoms with E-state index in [1.54, 1.807) is 6.20 Å². The Kier molecular flexibility index (Phi) is 4.81. The first-order valence-electron chi connectivity index (χ1n) is 6.82. The first-order chi connectivity index (χ1) is 9.78. The second-order valence-electron chi connectivity index (χ2n) is 4.81. The van der Waals surface area contributed by atoms with E-state index >= 15 is 0 Å². The van der Waals surface area contributed by atoms with Gasteiger partial charge in [-0.15, -0.1) is 12.4 Å². The van der Waals surface area contributed by atoms with Gasteiger partial charge in [0.15, 0.2) is 5.65 Å². The maximum atomic E-state index is 5.84. The number of hydrogen-bond acceptors (Lipinski definition) is 3.